The number of guanidine groups is 1. The number of amides is 3. The van der Waals surface area contributed by atoms with Crippen LogP contribution < -0.4 is 32.7 Å². The van der Waals surface area contributed by atoms with Crippen LogP contribution in [0.4, 0.5) is 0 Å². The number of rotatable bonds is 16. The molecule has 3 atom stereocenters. The molecule has 1 aromatic carbocycles. The number of aliphatic carboxylic acids is 2. The first kappa shape index (κ1) is 30.6. The third-order valence-corrected chi connectivity index (χ3v) is 5.06. The average Bonchev–Trinajstić information content (AvgIpc) is 2.83. The van der Waals surface area contributed by atoms with Gasteiger partial charge < -0.3 is 48.1 Å². The van der Waals surface area contributed by atoms with Gasteiger partial charge in [-0.05, 0) is 37.0 Å². The van der Waals surface area contributed by atoms with Crippen LogP contribution in [0.2, 0.25) is 0 Å². The largest absolute Gasteiger partial charge is 0.508 e. The minimum absolute atomic E-state index is 0.0131. The van der Waals surface area contributed by atoms with Crippen LogP contribution >= 0.6 is 0 Å². The number of hydrogen-bond acceptors (Lipinski definition) is 8. The van der Waals surface area contributed by atoms with Crippen LogP contribution in [0.25, 0.3) is 0 Å². The van der Waals surface area contributed by atoms with Crippen LogP contribution in [0.1, 0.15) is 31.2 Å². The molecule has 0 aliphatic heterocycles. The zero-order valence-electron chi connectivity index (χ0n) is 20.0. The van der Waals surface area contributed by atoms with Crippen LogP contribution in [0, 0.1) is 5.41 Å². The highest BCUT2D eigenvalue weighted by Gasteiger charge is 2.27. The summed E-state index contributed by atoms with van der Waals surface area (Å²) >= 11 is 0. The Kier molecular flexibility index (Phi) is 12.9. The molecular formula is C22H33N7O8. The molecule has 0 saturated heterocycles. The SMILES string of the molecule is N=C(N)NCCC[C@H](NC(=O)[C@H](Cc1ccc(O)cc1)NC(=O)CNC(=O)[C@@H](N)CCC(=O)O)C(=O)O. The number of phenolic OH excluding ortho intramolecular Hbond substituents is 1. The molecule has 0 heterocycles. The Morgan fingerprint density at radius 1 is 0.919 bits per heavy atom. The van der Waals surface area contributed by atoms with Crippen molar-refractivity contribution in [1.82, 2.24) is 21.3 Å². The lowest BCUT2D eigenvalue weighted by atomic mass is 10.0. The maximum Gasteiger partial charge on any atom is 0.326 e. The van der Waals surface area contributed by atoms with Crippen LogP contribution in [0.3, 0.4) is 0 Å². The molecule has 0 aliphatic carbocycles. The predicted molar refractivity (Wildman–Crippen MR) is 130 cm³/mol. The number of nitrogens with one attached hydrogen (secondary N) is 5. The highest BCUT2D eigenvalue weighted by atomic mass is 16.4. The highest BCUT2D eigenvalue weighted by Crippen LogP contribution is 2.12. The van der Waals surface area contributed by atoms with Gasteiger partial charge >= 0.3 is 11.9 Å². The maximum atomic E-state index is 12.9. The van der Waals surface area contributed by atoms with Gasteiger partial charge in [-0.3, -0.25) is 24.6 Å². The topological polar surface area (TPSA) is 270 Å². The van der Waals surface area contributed by atoms with Gasteiger partial charge in [0.25, 0.3) is 0 Å². The average molecular weight is 524 g/mol. The van der Waals surface area contributed by atoms with Crippen molar-refractivity contribution in [2.75, 3.05) is 13.1 Å². The standard InChI is InChI=1S/C22H33N7O8/c23-14(7-8-18(32)33)19(34)27-11-17(31)28-16(10-12-3-5-13(30)6-4-12)20(35)29-15(21(36)37)2-1-9-26-22(24)25/h3-6,14-16,30H,1-2,7-11,23H2,(H,27,34)(H,28,31)(H,29,35)(H,32,33)(H,36,37)(H4,24,25,26)/t14-,15-,16-/m0/s1. The van der Waals surface area contributed by atoms with Gasteiger partial charge in [0, 0.05) is 19.4 Å². The lowest BCUT2D eigenvalue weighted by molar-refractivity contribution is -0.142. The van der Waals surface area contributed by atoms with Crippen molar-refractivity contribution in [1.29, 1.82) is 5.41 Å². The molecule has 0 bridgehead atoms. The molecule has 204 valence electrons. The lowest BCUT2D eigenvalue weighted by Crippen LogP contribution is -2.54. The summed E-state index contributed by atoms with van der Waals surface area (Å²) in [7, 11) is 0. The van der Waals surface area contributed by atoms with Crippen molar-refractivity contribution in [3.05, 3.63) is 29.8 Å². The molecule has 0 aliphatic rings. The number of aromatic hydroxyl groups is 1. The fourth-order valence-corrected chi connectivity index (χ4v) is 3.09. The van der Waals surface area contributed by atoms with Crippen LogP contribution in [-0.2, 0) is 30.4 Å². The molecule has 0 spiro atoms. The maximum absolute atomic E-state index is 12.9. The molecule has 0 unspecified atom stereocenters. The van der Waals surface area contributed by atoms with Crippen molar-refractivity contribution >= 4 is 35.6 Å². The van der Waals surface area contributed by atoms with Crippen molar-refractivity contribution in [3.8, 4) is 5.75 Å². The van der Waals surface area contributed by atoms with Crippen LogP contribution in [-0.4, -0.2) is 82.2 Å². The van der Waals surface area contributed by atoms with Gasteiger partial charge in [-0.15, -0.1) is 0 Å². The van der Waals surface area contributed by atoms with Gasteiger partial charge in [-0.25, -0.2) is 4.79 Å². The zero-order chi connectivity index (χ0) is 28.0. The van der Waals surface area contributed by atoms with Gasteiger partial charge in [0.1, 0.15) is 17.8 Å². The molecule has 15 heteroatoms. The van der Waals surface area contributed by atoms with E-state index in [1.54, 1.807) is 0 Å². The number of benzene rings is 1. The molecule has 37 heavy (non-hydrogen) atoms. The van der Waals surface area contributed by atoms with Crippen LogP contribution in [0.5, 0.6) is 5.75 Å². The molecule has 0 saturated carbocycles. The van der Waals surface area contributed by atoms with E-state index in [2.05, 4.69) is 21.3 Å². The molecule has 0 radical (unpaired) electrons. The number of phenols is 1. The van der Waals surface area contributed by atoms with Crippen molar-refractivity contribution in [3.63, 3.8) is 0 Å². The number of carboxylic acids is 2. The summed E-state index contributed by atoms with van der Waals surface area (Å²) < 4.78 is 0. The fraction of sp³-hybridized carbons (Fsp3) is 0.455. The second-order valence-corrected chi connectivity index (χ2v) is 8.13. The summed E-state index contributed by atoms with van der Waals surface area (Å²) in [5, 5.41) is 44.3. The second kappa shape index (κ2) is 15.6. The minimum atomic E-state index is -1.30. The predicted octanol–water partition coefficient (Wildman–Crippen LogP) is -2.44. The van der Waals surface area contributed by atoms with E-state index in [-0.39, 0.29) is 50.4 Å². The van der Waals surface area contributed by atoms with Gasteiger partial charge in [0.15, 0.2) is 5.96 Å². The first-order chi connectivity index (χ1) is 17.4. The smallest absolute Gasteiger partial charge is 0.326 e. The van der Waals surface area contributed by atoms with Gasteiger partial charge in [-0.1, -0.05) is 12.1 Å². The Morgan fingerprint density at radius 2 is 1.57 bits per heavy atom. The fourth-order valence-electron chi connectivity index (χ4n) is 3.09. The minimum Gasteiger partial charge on any atom is -0.508 e. The Balaban J connectivity index is 2.83. The summed E-state index contributed by atoms with van der Waals surface area (Å²) in [6, 6.07) is 2.15. The Labute approximate surface area is 212 Å². The van der Waals surface area contributed by atoms with E-state index >= 15 is 0 Å². The summed E-state index contributed by atoms with van der Waals surface area (Å²) in [6.07, 6.45) is -0.216. The third kappa shape index (κ3) is 12.7. The normalized spacial score (nSPS) is 12.9. The van der Waals surface area contributed by atoms with E-state index in [4.69, 9.17) is 22.0 Å². The third-order valence-electron chi connectivity index (χ3n) is 5.06. The molecule has 12 N–H and O–H groups in total. The second-order valence-electron chi connectivity index (χ2n) is 8.13. The van der Waals surface area contributed by atoms with E-state index < -0.39 is 54.3 Å². The zero-order valence-corrected chi connectivity index (χ0v) is 20.0. The number of hydrogen-bond donors (Lipinski definition) is 10. The molecule has 1 rings (SSSR count). The van der Waals surface area contributed by atoms with E-state index in [1.165, 1.54) is 24.3 Å². The van der Waals surface area contributed by atoms with Gasteiger partial charge in [0.2, 0.25) is 17.7 Å². The summed E-state index contributed by atoms with van der Waals surface area (Å²) in [6.45, 7) is -0.338. The lowest BCUT2D eigenvalue weighted by Gasteiger charge is -2.22. The Hall–Kier alpha value is -4.40. The molecule has 3 amide bonds. The summed E-state index contributed by atoms with van der Waals surface area (Å²) in [5.41, 5.74) is 11.3. The van der Waals surface area contributed by atoms with E-state index in [9.17, 15) is 34.2 Å². The van der Waals surface area contributed by atoms with Gasteiger partial charge in [0.05, 0.1) is 12.6 Å². The number of carbonyl (C=O) groups excluding carboxylic acids is 3. The molecule has 0 fully saturated rings. The van der Waals surface area contributed by atoms with E-state index in [0.29, 0.717) is 5.56 Å². The number of nitrogens with two attached hydrogens (primary N) is 2. The first-order valence-electron chi connectivity index (χ1n) is 11.3. The van der Waals surface area contributed by atoms with Crippen molar-refractivity contribution in [2.24, 2.45) is 11.5 Å². The number of carboxylic acid groups (broad SMARTS) is 2. The van der Waals surface area contributed by atoms with Gasteiger partial charge in [-0.2, -0.15) is 0 Å². The van der Waals surface area contributed by atoms with E-state index in [1.807, 2.05) is 0 Å². The number of carbonyl (C=O) groups is 5. The molecule has 0 aromatic heterocycles. The quantitative estimate of drug-likeness (QED) is 0.0617. The summed E-state index contributed by atoms with van der Waals surface area (Å²) in [5.74, 6) is -5.02. The van der Waals surface area contributed by atoms with Crippen molar-refractivity contribution in [2.45, 2.75) is 50.2 Å². The Bertz CT molecular complexity index is 970. The molecule has 15 nitrogen and oxygen atoms in total. The highest BCUT2D eigenvalue weighted by molar-refractivity contribution is 5.92. The molecular weight excluding hydrogens is 490 g/mol. The summed E-state index contributed by atoms with van der Waals surface area (Å²) in [4.78, 5) is 59.6. The van der Waals surface area contributed by atoms with E-state index in [0.717, 1.165) is 0 Å². The first-order valence-corrected chi connectivity index (χ1v) is 11.3. The molecule has 1 aromatic rings. The van der Waals surface area contributed by atoms with Crippen molar-refractivity contribution < 1.29 is 39.3 Å². The van der Waals surface area contributed by atoms with Crippen LogP contribution in [0.15, 0.2) is 24.3 Å². The Morgan fingerprint density at radius 3 is 2.14 bits per heavy atom. The monoisotopic (exact) mass is 523 g/mol.